The Morgan fingerprint density at radius 3 is 2.51 bits per heavy atom. The number of aromatic nitrogens is 4. The first-order valence-electron chi connectivity index (χ1n) is 11.6. The fourth-order valence-corrected chi connectivity index (χ4v) is 3.82. The molecule has 15 heteroatoms. The van der Waals surface area contributed by atoms with Gasteiger partial charge in [-0.15, -0.1) is 5.92 Å². The number of aliphatic carboxylic acids is 1. The first-order chi connectivity index (χ1) is 18.3. The number of carboxylic acids is 1. The van der Waals surface area contributed by atoms with Crippen molar-refractivity contribution in [2.24, 2.45) is 18.5 Å². The molecule has 1 atom stereocenters. The summed E-state index contributed by atoms with van der Waals surface area (Å²) in [5, 5.41) is 7.12. The van der Waals surface area contributed by atoms with E-state index < -0.39 is 18.1 Å². The number of primary amides is 1. The van der Waals surface area contributed by atoms with Crippen LogP contribution in [0.4, 0.5) is 19.1 Å². The van der Waals surface area contributed by atoms with E-state index in [4.69, 9.17) is 26.1 Å². The number of imidazole rings is 1. The number of benzene rings is 1. The Hall–Kier alpha value is -4.58. The number of ether oxygens (including phenoxy) is 1. The van der Waals surface area contributed by atoms with Crippen LogP contribution in [0, 0.1) is 11.8 Å². The van der Waals surface area contributed by atoms with Gasteiger partial charge >= 0.3 is 18.2 Å². The second-order valence-electron chi connectivity index (χ2n) is 8.47. The van der Waals surface area contributed by atoms with Crippen LogP contribution in [0.1, 0.15) is 30.1 Å². The summed E-state index contributed by atoms with van der Waals surface area (Å²) in [5.74, 6) is 3.30. The minimum atomic E-state index is -5.08. The number of hydrogen-bond acceptors (Lipinski definition) is 8. The maximum Gasteiger partial charge on any atom is 0.490 e. The van der Waals surface area contributed by atoms with Crippen molar-refractivity contribution in [3.05, 3.63) is 40.2 Å². The molecule has 0 saturated carbocycles. The molecule has 0 aliphatic carbocycles. The highest BCUT2D eigenvalue weighted by Gasteiger charge is 2.38. The van der Waals surface area contributed by atoms with Crippen molar-refractivity contribution in [1.82, 2.24) is 19.1 Å². The van der Waals surface area contributed by atoms with Gasteiger partial charge in [-0.05, 0) is 31.9 Å². The number of para-hydroxylation sites is 1. The Kier molecular flexibility index (Phi) is 8.81. The van der Waals surface area contributed by atoms with Crippen molar-refractivity contribution in [3.8, 4) is 23.6 Å². The van der Waals surface area contributed by atoms with E-state index in [1.807, 2.05) is 0 Å². The van der Waals surface area contributed by atoms with Crippen LogP contribution in [0.15, 0.2) is 29.1 Å². The van der Waals surface area contributed by atoms with Crippen molar-refractivity contribution in [2.75, 3.05) is 18.0 Å². The fourth-order valence-electron chi connectivity index (χ4n) is 3.82. The number of anilines is 1. The average Bonchev–Trinajstić information content (AvgIpc) is 3.24. The lowest BCUT2D eigenvalue weighted by atomic mass is 10.1. The predicted molar refractivity (Wildman–Crippen MR) is 134 cm³/mol. The lowest BCUT2D eigenvalue weighted by Crippen LogP contribution is -2.44. The van der Waals surface area contributed by atoms with Crippen molar-refractivity contribution in [2.45, 2.75) is 38.5 Å². The Morgan fingerprint density at radius 2 is 1.92 bits per heavy atom. The maximum atomic E-state index is 13.3. The van der Waals surface area contributed by atoms with Gasteiger partial charge in [0.15, 0.2) is 11.2 Å². The smallest absolute Gasteiger partial charge is 0.475 e. The molecule has 0 bridgehead atoms. The van der Waals surface area contributed by atoms with Gasteiger partial charge in [-0.2, -0.15) is 23.1 Å². The molecule has 3 heterocycles. The molecule has 39 heavy (non-hydrogen) atoms. The number of piperidine rings is 1. The van der Waals surface area contributed by atoms with Gasteiger partial charge in [-0.25, -0.2) is 4.79 Å². The average molecular weight is 550 g/mol. The van der Waals surface area contributed by atoms with E-state index in [0.29, 0.717) is 24.6 Å². The lowest BCUT2D eigenvalue weighted by Gasteiger charge is -2.31. The van der Waals surface area contributed by atoms with Crippen LogP contribution in [-0.2, 0) is 18.4 Å². The third kappa shape index (κ3) is 6.65. The van der Waals surface area contributed by atoms with E-state index in [-0.39, 0.29) is 34.6 Å². The molecule has 1 fully saturated rings. The zero-order valence-electron chi connectivity index (χ0n) is 21.0. The van der Waals surface area contributed by atoms with E-state index in [0.717, 1.165) is 19.4 Å². The third-order valence-electron chi connectivity index (χ3n) is 5.68. The molecular weight excluding hydrogens is 523 g/mol. The highest BCUT2D eigenvalue weighted by molar-refractivity contribution is 5.95. The summed E-state index contributed by atoms with van der Waals surface area (Å²) < 4.78 is 40.6. The Bertz CT molecular complexity index is 1500. The number of fused-ring (bicyclic) bond motifs is 1. The van der Waals surface area contributed by atoms with Gasteiger partial charge in [0, 0.05) is 26.2 Å². The molecule has 3 aromatic rings. The van der Waals surface area contributed by atoms with E-state index >= 15 is 0 Å². The van der Waals surface area contributed by atoms with Crippen LogP contribution in [0.5, 0.6) is 11.8 Å². The summed E-state index contributed by atoms with van der Waals surface area (Å²) in [7, 11) is 1.55. The Labute approximate surface area is 220 Å². The van der Waals surface area contributed by atoms with Gasteiger partial charge in [-0.1, -0.05) is 18.1 Å². The normalized spacial score (nSPS) is 15.1. The first kappa shape index (κ1) is 29.0. The Balaban J connectivity index is 0.000000532. The number of amides is 1. The molecule has 4 rings (SSSR count). The molecule has 0 spiro atoms. The van der Waals surface area contributed by atoms with E-state index in [1.54, 1.807) is 42.8 Å². The summed E-state index contributed by atoms with van der Waals surface area (Å²) in [6, 6.07) is 6.55. The summed E-state index contributed by atoms with van der Waals surface area (Å²) in [6.45, 7) is 3.47. The quantitative estimate of drug-likeness (QED) is 0.400. The second kappa shape index (κ2) is 11.9. The SMILES string of the molecule is CC#CCn1c(N2CCCC(N)C2)nc2nc(Oc3ccccc3C(N)=O)n(C)c(=O)c21.O=C(O)C(F)(F)F. The maximum absolute atomic E-state index is 13.3. The van der Waals surface area contributed by atoms with Crippen molar-refractivity contribution in [1.29, 1.82) is 0 Å². The van der Waals surface area contributed by atoms with Crippen LogP contribution >= 0.6 is 0 Å². The minimum Gasteiger partial charge on any atom is -0.475 e. The number of rotatable bonds is 5. The largest absolute Gasteiger partial charge is 0.490 e. The first-order valence-corrected chi connectivity index (χ1v) is 11.6. The standard InChI is InChI=1S/C22H25N7O3.C2HF3O2/c1-3-4-12-29-17-19(25-21(29)28-11-7-8-14(23)13-28)26-22(27(2)20(17)31)32-16-10-6-5-9-15(16)18(24)30;3-2(4,5)1(6)7/h5-6,9-10,14H,7-8,11-13,23H2,1-2H3,(H2,24,30);(H,6,7). The highest BCUT2D eigenvalue weighted by atomic mass is 19.4. The zero-order valence-corrected chi connectivity index (χ0v) is 21.0. The van der Waals surface area contributed by atoms with Crippen molar-refractivity contribution < 1.29 is 32.6 Å². The van der Waals surface area contributed by atoms with Crippen LogP contribution in [0.25, 0.3) is 11.2 Å². The number of nitrogens with two attached hydrogens (primary N) is 2. The van der Waals surface area contributed by atoms with Gasteiger partial charge in [0.2, 0.25) is 5.95 Å². The minimum absolute atomic E-state index is 0.00400. The molecule has 1 aliphatic heterocycles. The highest BCUT2D eigenvalue weighted by Crippen LogP contribution is 2.27. The zero-order chi connectivity index (χ0) is 28.9. The van der Waals surface area contributed by atoms with Crippen LogP contribution in [-0.4, -0.2) is 61.4 Å². The molecule has 1 saturated heterocycles. The number of hydrogen-bond donors (Lipinski definition) is 3. The molecule has 1 aromatic carbocycles. The van der Waals surface area contributed by atoms with Gasteiger partial charge in [-0.3, -0.25) is 18.7 Å². The number of nitrogens with zero attached hydrogens (tertiary/aromatic N) is 5. The van der Waals surface area contributed by atoms with Crippen LogP contribution in [0.3, 0.4) is 0 Å². The number of carboxylic acid groups (broad SMARTS) is 1. The topological polar surface area (TPSA) is 172 Å². The lowest BCUT2D eigenvalue weighted by molar-refractivity contribution is -0.192. The monoisotopic (exact) mass is 549 g/mol. The number of halogens is 3. The van der Waals surface area contributed by atoms with E-state index in [9.17, 15) is 22.8 Å². The number of alkyl halides is 3. The Morgan fingerprint density at radius 1 is 1.26 bits per heavy atom. The van der Waals surface area contributed by atoms with Gasteiger partial charge in [0.05, 0.1) is 12.1 Å². The van der Waals surface area contributed by atoms with Crippen molar-refractivity contribution in [3.63, 3.8) is 0 Å². The summed E-state index contributed by atoms with van der Waals surface area (Å²) in [4.78, 5) is 45.1. The summed E-state index contributed by atoms with van der Waals surface area (Å²) >= 11 is 0. The summed E-state index contributed by atoms with van der Waals surface area (Å²) in [5.41, 5.74) is 12.0. The van der Waals surface area contributed by atoms with Gasteiger partial charge in [0.1, 0.15) is 5.75 Å². The number of carbonyl (C=O) groups excluding carboxylic acids is 1. The fraction of sp³-hybridized carbons (Fsp3) is 0.375. The molecule has 12 nitrogen and oxygen atoms in total. The summed E-state index contributed by atoms with van der Waals surface area (Å²) in [6.07, 6.45) is -3.20. The third-order valence-corrected chi connectivity index (χ3v) is 5.68. The number of carbonyl (C=O) groups is 2. The van der Waals surface area contributed by atoms with E-state index in [1.165, 1.54) is 4.57 Å². The molecule has 1 unspecified atom stereocenters. The molecule has 1 amide bonds. The molecule has 1 aliphatic rings. The second-order valence-corrected chi connectivity index (χ2v) is 8.47. The van der Waals surface area contributed by atoms with Crippen LogP contribution in [0.2, 0.25) is 0 Å². The molecule has 208 valence electrons. The predicted octanol–water partition coefficient (Wildman–Crippen LogP) is 1.61. The molecular formula is C24H26F3N7O5. The van der Waals surface area contributed by atoms with Crippen LogP contribution < -0.4 is 26.7 Å². The van der Waals surface area contributed by atoms with Crippen molar-refractivity contribution >= 4 is 29.0 Å². The molecule has 2 aromatic heterocycles. The van der Waals surface area contributed by atoms with Gasteiger partial charge in [0.25, 0.3) is 11.5 Å². The molecule has 5 N–H and O–H groups in total. The van der Waals surface area contributed by atoms with Gasteiger partial charge < -0.3 is 26.2 Å². The molecule has 0 radical (unpaired) electrons. The van der Waals surface area contributed by atoms with E-state index in [2.05, 4.69) is 26.7 Å².